The van der Waals surface area contributed by atoms with Crippen molar-refractivity contribution >= 4 is 23.2 Å². The Morgan fingerprint density at radius 1 is 1.22 bits per heavy atom. The minimum atomic E-state index is -0.485. The zero-order valence-electron chi connectivity index (χ0n) is 18.2. The number of hydrogen-bond donors (Lipinski definition) is 1. The van der Waals surface area contributed by atoms with E-state index in [0.717, 1.165) is 12.0 Å². The molecular weight excluding hydrogens is 414 g/mol. The van der Waals surface area contributed by atoms with Gasteiger partial charge in [-0.3, -0.25) is 19.7 Å². The number of benzene rings is 1. The Bertz CT molecular complexity index is 988. The lowest BCUT2D eigenvalue weighted by Crippen LogP contribution is -2.48. The normalized spacial score (nSPS) is 13.6. The van der Waals surface area contributed by atoms with Gasteiger partial charge in [0.2, 0.25) is 11.8 Å². The highest BCUT2D eigenvalue weighted by Crippen LogP contribution is 2.30. The third kappa shape index (κ3) is 5.51. The lowest BCUT2D eigenvalue weighted by molar-refractivity contribution is -0.384. The minimum absolute atomic E-state index is 0.0111. The molecule has 1 saturated heterocycles. The number of nitrogens with one attached hydrogen (secondary N) is 1. The molecule has 32 heavy (non-hydrogen) atoms. The summed E-state index contributed by atoms with van der Waals surface area (Å²) in [5.41, 5.74) is 1.23. The average Bonchev–Trinajstić information content (AvgIpc) is 2.81. The second kappa shape index (κ2) is 10.6. The van der Waals surface area contributed by atoms with Crippen LogP contribution in [0, 0.1) is 10.1 Å². The van der Waals surface area contributed by atoms with Crippen LogP contribution in [-0.4, -0.2) is 59.4 Å². The van der Waals surface area contributed by atoms with Crippen molar-refractivity contribution in [3.05, 3.63) is 57.8 Å². The Morgan fingerprint density at radius 2 is 1.97 bits per heavy atom. The van der Waals surface area contributed by atoms with Crippen molar-refractivity contribution in [3.63, 3.8) is 0 Å². The van der Waals surface area contributed by atoms with E-state index in [4.69, 9.17) is 4.74 Å². The molecular formula is C22H27N5O5. The summed E-state index contributed by atoms with van der Waals surface area (Å²) in [6.07, 6.45) is 2.46. The van der Waals surface area contributed by atoms with Crippen molar-refractivity contribution in [2.45, 2.75) is 26.8 Å². The van der Waals surface area contributed by atoms with E-state index in [9.17, 15) is 19.7 Å². The monoisotopic (exact) mass is 441 g/mol. The quantitative estimate of drug-likeness (QED) is 0.493. The van der Waals surface area contributed by atoms with Gasteiger partial charge in [-0.2, -0.15) is 0 Å². The number of nitro benzene ring substituents is 1. The van der Waals surface area contributed by atoms with E-state index in [0.29, 0.717) is 44.4 Å². The van der Waals surface area contributed by atoms with Crippen molar-refractivity contribution in [1.82, 2.24) is 15.2 Å². The number of anilines is 1. The molecule has 2 aromatic rings. The molecule has 2 heterocycles. The molecule has 0 unspecified atom stereocenters. The Kier molecular flexibility index (Phi) is 7.58. The number of nitrogens with zero attached hydrogens (tertiary/aromatic N) is 4. The molecule has 0 aliphatic carbocycles. The van der Waals surface area contributed by atoms with E-state index in [-0.39, 0.29) is 23.7 Å². The minimum Gasteiger partial charge on any atom is -0.477 e. The molecule has 1 aromatic heterocycles. The molecule has 2 amide bonds. The molecule has 0 bridgehead atoms. The highest BCUT2D eigenvalue weighted by Gasteiger charge is 2.26. The van der Waals surface area contributed by atoms with Crippen LogP contribution in [0.4, 0.5) is 11.4 Å². The van der Waals surface area contributed by atoms with Gasteiger partial charge in [-0.05, 0) is 24.6 Å². The highest BCUT2D eigenvalue weighted by molar-refractivity contribution is 5.95. The molecule has 0 radical (unpaired) electrons. The molecule has 3 rings (SSSR count). The van der Waals surface area contributed by atoms with Gasteiger partial charge in [0.15, 0.2) is 0 Å². The molecule has 1 fully saturated rings. The highest BCUT2D eigenvalue weighted by atomic mass is 16.6. The van der Waals surface area contributed by atoms with Crippen LogP contribution in [0.1, 0.15) is 36.2 Å². The zero-order chi connectivity index (χ0) is 23.1. The van der Waals surface area contributed by atoms with Crippen LogP contribution >= 0.6 is 0 Å². The summed E-state index contributed by atoms with van der Waals surface area (Å²) >= 11 is 0. The maximum atomic E-state index is 12.7. The molecule has 0 spiro atoms. The predicted octanol–water partition coefficient (Wildman–Crippen LogP) is 2.38. The number of carbonyl (C=O) groups is 2. The van der Waals surface area contributed by atoms with Crippen LogP contribution in [-0.2, 0) is 11.3 Å². The van der Waals surface area contributed by atoms with E-state index in [1.807, 2.05) is 17.9 Å². The van der Waals surface area contributed by atoms with Gasteiger partial charge < -0.3 is 19.9 Å². The third-order valence-electron chi connectivity index (χ3n) is 5.23. The van der Waals surface area contributed by atoms with E-state index in [1.54, 1.807) is 29.3 Å². The van der Waals surface area contributed by atoms with Crippen LogP contribution in [0.25, 0.3) is 0 Å². The van der Waals surface area contributed by atoms with Crippen molar-refractivity contribution in [3.8, 4) is 5.88 Å². The lowest BCUT2D eigenvalue weighted by atomic mass is 10.1. The number of carbonyl (C=O) groups excluding carboxylic acids is 2. The second-order valence-corrected chi connectivity index (χ2v) is 7.45. The fourth-order valence-corrected chi connectivity index (χ4v) is 3.51. The van der Waals surface area contributed by atoms with E-state index < -0.39 is 10.8 Å². The molecule has 170 valence electrons. The van der Waals surface area contributed by atoms with E-state index in [1.165, 1.54) is 13.0 Å². The first-order valence-electron chi connectivity index (χ1n) is 10.5. The van der Waals surface area contributed by atoms with Gasteiger partial charge in [0.25, 0.3) is 11.6 Å². The summed E-state index contributed by atoms with van der Waals surface area (Å²) in [5, 5.41) is 14.5. The van der Waals surface area contributed by atoms with Crippen LogP contribution in [0.15, 0.2) is 36.5 Å². The third-order valence-corrected chi connectivity index (χ3v) is 5.23. The standard InChI is InChI=1S/C22H27N5O5/c1-3-13-32-22-18(5-4-8-23-22)15-24-21(29)17-6-7-19(20(14-17)27(30)31)26-11-9-25(10-12-26)16(2)28/h4-8,14H,3,9-13,15H2,1-2H3,(H,24,29). The number of hydrogen-bond acceptors (Lipinski definition) is 7. The van der Waals surface area contributed by atoms with Gasteiger partial charge in [-0.25, -0.2) is 4.98 Å². The van der Waals surface area contributed by atoms with Crippen molar-refractivity contribution in [1.29, 1.82) is 0 Å². The van der Waals surface area contributed by atoms with Gasteiger partial charge in [-0.1, -0.05) is 13.0 Å². The first-order valence-corrected chi connectivity index (χ1v) is 10.5. The SMILES string of the molecule is CCCOc1ncccc1CNC(=O)c1ccc(N2CCN(C(C)=O)CC2)c([N+](=O)[O-])c1. The molecule has 10 heteroatoms. The Morgan fingerprint density at radius 3 is 2.62 bits per heavy atom. The molecule has 1 aliphatic heterocycles. The molecule has 0 atom stereocenters. The summed E-state index contributed by atoms with van der Waals surface area (Å²) < 4.78 is 5.60. The van der Waals surface area contributed by atoms with Gasteiger partial charge >= 0.3 is 0 Å². The lowest BCUT2D eigenvalue weighted by Gasteiger charge is -2.35. The van der Waals surface area contributed by atoms with Crippen molar-refractivity contribution < 1.29 is 19.2 Å². The summed E-state index contributed by atoms with van der Waals surface area (Å²) in [5.74, 6) is 0.0232. The van der Waals surface area contributed by atoms with Gasteiger partial charge in [0.05, 0.1) is 11.5 Å². The molecule has 10 nitrogen and oxygen atoms in total. The first-order chi connectivity index (χ1) is 15.4. The summed E-state index contributed by atoms with van der Waals surface area (Å²) in [6.45, 7) is 6.20. The number of ether oxygens (including phenoxy) is 1. The zero-order valence-corrected chi connectivity index (χ0v) is 18.2. The summed E-state index contributed by atoms with van der Waals surface area (Å²) in [7, 11) is 0. The van der Waals surface area contributed by atoms with E-state index >= 15 is 0 Å². The van der Waals surface area contributed by atoms with Crippen LogP contribution in [0.5, 0.6) is 5.88 Å². The predicted molar refractivity (Wildman–Crippen MR) is 119 cm³/mol. The maximum Gasteiger partial charge on any atom is 0.293 e. The fraction of sp³-hybridized carbons (Fsp3) is 0.409. The number of rotatable bonds is 8. The average molecular weight is 441 g/mol. The molecule has 1 aliphatic rings. The molecule has 1 aromatic carbocycles. The number of pyridine rings is 1. The molecule has 0 saturated carbocycles. The van der Waals surface area contributed by atoms with Gasteiger partial charge in [-0.15, -0.1) is 0 Å². The maximum absolute atomic E-state index is 12.7. The van der Waals surface area contributed by atoms with Gasteiger partial charge in [0, 0.05) is 63.0 Å². The molecule has 1 N–H and O–H groups in total. The number of nitro groups is 1. The van der Waals surface area contributed by atoms with Crippen LogP contribution < -0.4 is 15.0 Å². The fourth-order valence-electron chi connectivity index (χ4n) is 3.51. The topological polar surface area (TPSA) is 118 Å². The summed E-state index contributed by atoms with van der Waals surface area (Å²) in [6, 6.07) is 8.03. The number of aromatic nitrogens is 1. The Labute approximate surface area is 186 Å². The first kappa shape index (κ1) is 23.0. The Balaban J connectivity index is 1.71. The number of amides is 2. The largest absolute Gasteiger partial charge is 0.477 e. The van der Waals surface area contributed by atoms with Crippen LogP contribution in [0.3, 0.4) is 0 Å². The Hall–Kier alpha value is -3.69. The van der Waals surface area contributed by atoms with Crippen molar-refractivity contribution in [2.24, 2.45) is 0 Å². The van der Waals surface area contributed by atoms with E-state index in [2.05, 4.69) is 10.3 Å². The van der Waals surface area contributed by atoms with Crippen molar-refractivity contribution in [2.75, 3.05) is 37.7 Å². The van der Waals surface area contributed by atoms with Gasteiger partial charge in [0.1, 0.15) is 5.69 Å². The van der Waals surface area contributed by atoms with Crippen LogP contribution in [0.2, 0.25) is 0 Å². The number of piperazine rings is 1. The smallest absolute Gasteiger partial charge is 0.293 e. The second-order valence-electron chi connectivity index (χ2n) is 7.45. The summed E-state index contributed by atoms with van der Waals surface area (Å²) in [4.78, 5) is 43.2.